The zero-order chi connectivity index (χ0) is 12.5. The van der Waals surface area contributed by atoms with Crippen LogP contribution in [0.5, 0.6) is 0 Å². The molecule has 1 saturated heterocycles. The number of fused-ring (bicyclic) bond motifs is 1. The number of alkyl halides is 1. The summed E-state index contributed by atoms with van der Waals surface area (Å²) in [5.74, 6) is 1.85. The molecule has 0 saturated carbocycles. The second-order valence-electron chi connectivity index (χ2n) is 5.04. The second-order valence-corrected chi connectivity index (χ2v) is 5.69. The first-order chi connectivity index (χ1) is 8.79. The fraction of sp³-hybridized carbons (Fsp3) is 0.400. The van der Waals surface area contributed by atoms with E-state index in [0.29, 0.717) is 6.04 Å². The Labute approximate surface area is 116 Å². The maximum absolute atomic E-state index is 4.79. The minimum Gasteiger partial charge on any atom is -0.352 e. The van der Waals surface area contributed by atoms with E-state index in [1.54, 1.807) is 0 Å². The van der Waals surface area contributed by atoms with E-state index >= 15 is 0 Å². The van der Waals surface area contributed by atoms with Crippen LogP contribution in [0.15, 0.2) is 36.4 Å². The van der Waals surface area contributed by atoms with E-state index in [9.17, 15) is 0 Å². The Morgan fingerprint density at radius 2 is 2.11 bits per heavy atom. The summed E-state index contributed by atoms with van der Waals surface area (Å²) in [5, 5.41) is 2.23. The van der Waals surface area contributed by atoms with E-state index in [1.165, 1.54) is 11.8 Å². The molecule has 3 rings (SSSR count). The van der Waals surface area contributed by atoms with Gasteiger partial charge in [-0.2, -0.15) is 0 Å². The molecule has 0 radical (unpaired) electrons. The maximum atomic E-state index is 4.79. The summed E-state index contributed by atoms with van der Waals surface area (Å²) < 4.78 is 0. The Bertz CT molecular complexity index is 555. The lowest BCUT2D eigenvalue weighted by molar-refractivity contribution is 0.553. The first-order valence-corrected chi connectivity index (χ1v) is 7.60. The van der Waals surface area contributed by atoms with Crippen LogP contribution in [-0.2, 0) is 0 Å². The van der Waals surface area contributed by atoms with Gasteiger partial charge in [0.1, 0.15) is 5.82 Å². The van der Waals surface area contributed by atoms with Crippen molar-refractivity contribution < 1.29 is 0 Å². The Hall–Kier alpha value is -1.09. The van der Waals surface area contributed by atoms with Crippen molar-refractivity contribution in [2.24, 2.45) is 5.92 Å². The summed E-state index contributed by atoms with van der Waals surface area (Å²) >= 11 is 3.63. The number of rotatable bonds is 2. The first-order valence-electron chi connectivity index (χ1n) is 6.48. The quantitative estimate of drug-likeness (QED) is 0.784. The SMILES string of the molecule is CC1CCN(c2ccc3ccccc3n2)C1CBr. The van der Waals surface area contributed by atoms with Crippen LogP contribution in [0.1, 0.15) is 13.3 Å². The molecule has 1 fully saturated rings. The molecule has 1 aliphatic heterocycles. The molecule has 3 heteroatoms. The fourth-order valence-electron chi connectivity index (χ4n) is 2.74. The highest BCUT2D eigenvalue weighted by Crippen LogP contribution is 2.30. The lowest BCUT2D eigenvalue weighted by atomic mass is 10.1. The van der Waals surface area contributed by atoms with Crippen molar-refractivity contribution in [2.45, 2.75) is 19.4 Å². The fourth-order valence-corrected chi connectivity index (χ4v) is 3.73. The van der Waals surface area contributed by atoms with Crippen LogP contribution in [0, 0.1) is 5.92 Å². The number of nitrogens with zero attached hydrogens (tertiary/aromatic N) is 2. The van der Waals surface area contributed by atoms with Crippen LogP contribution in [-0.4, -0.2) is 22.9 Å². The van der Waals surface area contributed by atoms with Gasteiger partial charge in [-0.05, 0) is 30.5 Å². The number of aromatic nitrogens is 1. The Morgan fingerprint density at radius 3 is 2.94 bits per heavy atom. The van der Waals surface area contributed by atoms with Crippen molar-refractivity contribution in [1.29, 1.82) is 0 Å². The topological polar surface area (TPSA) is 16.1 Å². The van der Waals surface area contributed by atoms with E-state index in [-0.39, 0.29) is 0 Å². The maximum Gasteiger partial charge on any atom is 0.129 e. The van der Waals surface area contributed by atoms with Crippen molar-refractivity contribution in [3.8, 4) is 0 Å². The van der Waals surface area contributed by atoms with Gasteiger partial charge in [0.15, 0.2) is 0 Å². The molecule has 2 heterocycles. The van der Waals surface area contributed by atoms with E-state index in [0.717, 1.165) is 29.1 Å². The molecule has 2 nitrogen and oxygen atoms in total. The lowest BCUT2D eigenvalue weighted by Gasteiger charge is -2.26. The zero-order valence-electron chi connectivity index (χ0n) is 10.5. The van der Waals surface area contributed by atoms with Crippen LogP contribution in [0.2, 0.25) is 0 Å². The van der Waals surface area contributed by atoms with Gasteiger partial charge in [-0.25, -0.2) is 4.98 Å². The van der Waals surface area contributed by atoms with Gasteiger partial charge >= 0.3 is 0 Å². The van der Waals surface area contributed by atoms with Crippen molar-refractivity contribution in [1.82, 2.24) is 4.98 Å². The third-order valence-electron chi connectivity index (χ3n) is 3.92. The van der Waals surface area contributed by atoms with Crippen LogP contribution < -0.4 is 4.90 Å². The standard InChI is InChI=1S/C15H17BrN2/c1-11-8-9-18(14(11)10-16)15-7-6-12-4-2-3-5-13(12)17-15/h2-7,11,14H,8-10H2,1H3. The third kappa shape index (κ3) is 2.01. The number of hydrogen-bond acceptors (Lipinski definition) is 2. The summed E-state index contributed by atoms with van der Waals surface area (Å²) in [6.07, 6.45) is 1.25. The van der Waals surface area contributed by atoms with Crippen molar-refractivity contribution >= 4 is 32.7 Å². The van der Waals surface area contributed by atoms with Crippen molar-refractivity contribution in [2.75, 3.05) is 16.8 Å². The number of para-hydroxylation sites is 1. The van der Waals surface area contributed by atoms with E-state index in [1.807, 2.05) is 6.07 Å². The molecule has 1 aromatic heterocycles. The van der Waals surface area contributed by atoms with Gasteiger partial charge in [0, 0.05) is 23.3 Å². The largest absolute Gasteiger partial charge is 0.352 e. The monoisotopic (exact) mass is 304 g/mol. The van der Waals surface area contributed by atoms with Crippen molar-refractivity contribution in [3.05, 3.63) is 36.4 Å². The van der Waals surface area contributed by atoms with Crippen LogP contribution in [0.3, 0.4) is 0 Å². The predicted octanol–water partition coefficient (Wildman–Crippen LogP) is 3.84. The highest BCUT2D eigenvalue weighted by Gasteiger charge is 2.30. The highest BCUT2D eigenvalue weighted by molar-refractivity contribution is 9.09. The Kier molecular flexibility index (Phi) is 3.25. The first kappa shape index (κ1) is 12.0. The zero-order valence-corrected chi connectivity index (χ0v) is 12.1. The minimum absolute atomic E-state index is 0.568. The van der Waals surface area contributed by atoms with Gasteiger partial charge in [-0.15, -0.1) is 0 Å². The van der Waals surface area contributed by atoms with Crippen molar-refractivity contribution in [3.63, 3.8) is 0 Å². The second kappa shape index (κ2) is 4.88. The molecule has 18 heavy (non-hydrogen) atoms. The van der Waals surface area contributed by atoms with Gasteiger partial charge in [0.25, 0.3) is 0 Å². The van der Waals surface area contributed by atoms with Gasteiger partial charge in [0.2, 0.25) is 0 Å². The summed E-state index contributed by atoms with van der Waals surface area (Å²) in [6.45, 7) is 3.44. The molecule has 0 bridgehead atoms. The molecule has 2 unspecified atom stereocenters. The number of hydrogen-bond donors (Lipinski definition) is 0. The summed E-state index contributed by atoms with van der Waals surface area (Å²) in [4.78, 5) is 7.23. The number of halogens is 1. The Balaban J connectivity index is 1.99. The predicted molar refractivity (Wildman–Crippen MR) is 80.5 cm³/mol. The van der Waals surface area contributed by atoms with Crippen LogP contribution in [0.25, 0.3) is 10.9 Å². The molecule has 2 aromatic rings. The number of pyridine rings is 1. The summed E-state index contributed by atoms with van der Waals surface area (Å²) in [5.41, 5.74) is 1.09. The molecule has 0 amide bonds. The summed E-state index contributed by atoms with van der Waals surface area (Å²) in [7, 11) is 0. The molecular weight excluding hydrogens is 288 g/mol. The average molecular weight is 305 g/mol. The molecule has 0 N–H and O–H groups in total. The molecule has 1 aromatic carbocycles. The van der Waals surface area contributed by atoms with Crippen LogP contribution >= 0.6 is 15.9 Å². The average Bonchev–Trinajstić information content (AvgIpc) is 2.79. The molecule has 94 valence electrons. The van der Waals surface area contributed by atoms with Crippen LogP contribution in [0.4, 0.5) is 5.82 Å². The molecule has 1 aliphatic rings. The molecule has 0 spiro atoms. The van der Waals surface area contributed by atoms with E-state index < -0.39 is 0 Å². The van der Waals surface area contributed by atoms with Gasteiger partial charge in [0.05, 0.1) is 5.52 Å². The smallest absolute Gasteiger partial charge is 0.129 e. The van der Waals surface area contributed by atoms with E-state index in [2.05, 4.69) is 58.1 Å². The normalized spacial score (nSPS) is 23.8. The third-order valence-corrected chi connectivity index (χ3v) is 4.58. The van der Waals surface area contributed by atoms with E-state index in [4.69, 9.17) is 4.98 Å². The highest BCUT2D eigenvalue weighted by atomic mass is 79.9. The lowest BCUT2D eigenvalue weighted by Crippen LogP contribution is -2.33. The molecule has 0 aliphatic carbocycles. The number of benzene rings is 1. The minimum atomic E-state index is 0.568. The Morgan fingerprint density at radius 1 is 1.28 bits per heavy atom. The summed E-state index contributed by atoms with van der Waals surface area (Å²) in [6, 6.07) is 13.2. The van der Waals surface area contributed by atoms with Gasteiger partial charge in [-0.1, -0.05) is 41.1 Å². The van der Waals surface area contributed by atoms with Gasteiger partial charge < -0.3 is 4.90 Å². The molecular formula is C15H17BrN2. The molecule has 2 atom stereocenters. The number of anilines is 1. The van der Waals surface area contributed by atoms with Gasteiger partial charge in [-0.3, -0.25) is 0 Å².